The maximum absolute atomic E-state index is 15.1. The van der Waals surface area contributed by atoms with E-state index in [0.29, 0.717) is 0 Å². The second kappa shape index (κ2) is 12.1. The summed E-state index contributed by atoms with van der Waals surface area (Å²) in [5.41, 5.74) is -0.830. The molecule has 2 aromatic heterocycles. The summed E-state index contributed by atoms with van der Waals surface area (Å²) >= 11 is 6.41. The Morgan fingerprint density at radius 1 is 1.02 bits per heavy atom. The number of alkyl halides is 5. The first-order valence-electron chi connectivity index (χ1n) is 13.1. The Kier molecular flexibility index (Phi) is 8.70. The number of benzene rings is 3. The van der Waals surface area contributed by atoms with Gasteiger partial charge in [0.05, 0.1) is 22.2 Å². The highest BCUT2D eigenvalue weighted by Crippen LogP contribution is 2.42. The normalized spacial score (nSPS) is 12.3. The number of hydrogen-bond acceptors (Lipinski definition) is 7. The van der Waals surface area contributed by atoms with Gasteiger partial charge in [-0.2, -0.15) is 22.0 Å². The number of aliphatic hydroxyl groups is 1. The number of ether oxygens (including phenoxy) is 1. The number of oxazole rings is 1. The Morgan fingerprint density at radius 2 is 1.74 bits per heavy atom. The largest absolute Gasteiger partial charge is 0.440 e. The number of sulfone groups is 1. The summed E-state index contributed by atoms with van der Waals surface area (Å²) in [6.45, 7) is -1.16. The number of aryl methyl sites for hydroxylation is 2. The summed E-state index contributed by atoms with van der Waals surface area (Å²) in [4.78, 5) is 7.62. The van der Waals surface area contributed by atoms with Crippen molar-refractivity contribution in [2.24, 2.45) is 0 Å². The zero-order valence-electron chi connectivity index (χ0n) is 24.0. The van der Waals surface area contributed by atoms with Crippen LogP contribution < -0.4 is 4.74 Å². The molecule has 0 saturated carbocycles. The summed E-state index contributed by atoms with van der Waals surface area (Å²) < 4.78 is 118. The molecule has 0 saturated heterocycles. The molecule has 46 heavy (non-hydrogen) atoms. The average Bonchev–Trinajstić information content (AvgIpc) is 3.54. The standard InChI is InChI=1S/C30H22ClF6N3O5S/c1-14-38-26(30(35,36)37)12-40(14)24-7-4-16(17-9-23(32)21(13-41)25(10-17)46(3,42)43)8-20(24)27-28(44-15(2)39-27)19-6-5-18(11-22(19)31)45-29(33)34/h4-12,29,41H,13H2,1-3H3. The molecular weight excluding hydrogens is 664 g/mol. The molecule has 0 spiro atoms. The molecular formula is C30H22ClF6N3O5S. The zero-order valence-corrected chi connectivity index (χ0v) is 25.5. The molecule has 0 unspecified atom stereocenters. The van der Waals surface area contributed by atoms with Gasteiger partial charge in [0.2, 0.25) is 0 Å². The summed E-state index contributed by atoms with van der Waals surface area (Å²) in [6, 6.07) is 10.1. The SMILES string of the molecule is Cc1nc(-c2cc(-c3cc(F)c(CO)c(S(C)(=O)=O)c3)ccc2-n2cc(C(F)(F)F)nc2C)c(-c2ccc(OC(F)F)cc2Cl)o1. The first-order chi connectivity index (χ1) is 21.5. The molecule has 0 aliphatic heterocycles. The lowest BCUT2D eigenvalue weighted by Crippen LogP contribution is -2.06. The van der Waals surface area contributed by atoms with E-state index < -0.39 is 51.2 Å². The van der Waals surface area contributed by atoms with Crippen molar-refractivity contribution in [3.05, 3.63) is 88.5 Å². The fourth-order valence-electron chi connectivity index (χ4n) is 4.88. The van der Waals surface area contributed by atoms with E-state index in [1.54, 1.807) is 0 Å². The number of aliphatic hydroxyl groups excluding tert-OH is 1. The highest BCUT2D eigenvalue weighted by Gasteiger charge is 2.35. The van der Waals surface area contributed by atoms with Gasteiger partial charge in [0, 0.05) is 36.1 Å². The molecule has 0 atom stereocenters. The average molecular weight is 686 g/mol. The second-order valence-corrected chi connectivity index (χ2v) is 12.5. The van der Waals surface area contributed by atoms with Crippen LogP contribution in [0.3, 0.4) is 0 Å². The molecule has 242 valence electrons. The van der Waals surface area contributed by atoms with Crippen molar-refractivity contribution in [2.45, 2.75) is 38.1 Å². The number of imidazole rings is 1. The van der Waals surface area contributed by atoms with E-state index in [2.05, 4.69) is 14.7 Å². The maximum Gasteiger partial charge on any atom is 0.434 e. The number of rotatable bonds is 8. The van der Waals surface area contributed by atoms with Gasteiger partial charge >= 0.3 is 12.8 Å². The van der Waals surface area contributed by atoms with Gasteiger partial charge in [0.15, 0.2) is 27.2 Å². The first kappa shape index (κ1) is 33.0. The van der Waals surface area contributed by atoms with E-state index in [9.17, 15) is 35.5 Å². The molecule has 1 N–H and O–H groups in total. The van der Waals surface area contributed by atoms with Crippen LogP contribution in [0.4, 0.5) is 26.3 Å². The van der Waals surface area contributed by atoms with E-state index in [1.807, 2.05) is 0 Å². The van der Waals surface area contributed by atoms with E-state index in [1.165, 1.54) is 50.2 Å². The smallest absolute Gasteiger partial charge is 0.434 e. The van der Waals surface area contributed by atoms with Gasteiger partial charge < -0.3 is 18.8 Å². The van der Waals surface area contributed by atoms with Crippen LogP contribution in [-0.4, -0.2) is 40.9 Å². The Morgan fingerprint density at radius 3 is 2.33 bits per heavy atom. The molecule has 0 bridgehead atoms. The number of nitrogens with zero attached hydrogens (tertiary/aromatic N) is 3. The third-order valence-electron chi connectivity index (χ3n) is 6.87. The lowest BCUT2D eigenvalue weighted by Gasteiger charge is -2.16. The van der Waals surface area contributed by atoms with Gasteiger partial charge in [-0.15, -0.1) is 0 Å². The third kappa shape index (κ3) is 6.48. The van der Waals surface area contributed by atoms with Gasteiger partial charge in [0.1, 0.15) is 23.1 Å². The highest BCUT2D eigenvalue weighted by atomic mass is 35.5. The van der Waals surface area contributed by atoms with Crippen LogP contribution in [0.5, 0.6) is 5.75 Å². The Balaban J connectivity index is 1.79. The fourth-order valence-corrected chi connectivity index (χ4v) is 6.09. The summed E-state index contributed by atoms with van der Waals surface area (Å²) in [6.07, 6.45) is -3.14. The number of aromatic nitrogens is 3. The molecule has 8 nitrogen and oxygen atoms in total. The molecule has 0 amide bonds. The summed E-state index contributed by atoms with van der Waals surface area (Å²) in [5, 5.41) is 9.54. The van der Waals surface area contributed by atoms with Crippen molar-refractivity contribution in [3.63, 3.8) is 0 Å². The van der Waals surface area contributed by atoms with Gasteiger partial charge in [-0.3, -0.25) is 0 Å². The van der Waals surface area contributed by atoms with E-state index in [4.69, 9.17) is 16.0 Å². The van der Waals surface area contributed by atoms with Gasteiger partial charge in [-0.1, -0.05) is 17.7 Å². The monoisotopic (exact) mass is 685 g/mol. The second-order valence-electron chi connectivity index (χ2n) is 10.1. The van der Waals surface area contributed by atoms with Crippen molar-refractivity contribution in [3.8, 4) is 45.1 Å². The number of hydrogen-bond donors (Lipinski definition) is 1. The molecule has 2 heterocycles. The van der Waals surface area contributed by atoms with Crippen molar-refractivity contribution in [1.29, 1.82) is 0 Å². The van der Waals surface area contributed by atoms with Crippen LogP contribution in [0.1, 0.15) is 23.0 Å². The van der Waals surface area contributed by atoms with Crippen LogP contribution in [0.15, 0.2) is 64.0 Å². The molecule has 3 aromatic carbocycles. The quantitative estimate of drug-likeness (QED) is 0.166. The molecule has 16 heteroatoms. The minimum Gasteiger partial charge on any atom is -0.440 e. The minimum atomic E-state index is -4.77. The van der Waals surface area contributed by atoms with E-state index in [0.717, 1.165) is 29.2 Å². The topological polar surface area (TPSA) is 107 Å². The first-order valence-corrected chi connectivity index (χ1v) is 15.4. The van der Waals surface area contributed by atoms with Crippen molar-refractivity contribution >= 4 is 21.4 Å². The summed E-state index contributed by atoms with van der Waals surface area (Å²) in [7, 11) is -4.00. The van der Waals surface area contributed by atoms with Gasteiger partial charge in [0.25, 0.3) is 0 Å². The molecule has 5 rings (SSSR count). The maximum atomic E-state index is 15.1. The van der Waals surface area contributed by atoms with Crippen LogP contribution >= 0.6 is 11.6 Å². The van der Waals surface area contributed by atoms with Gasteiger partial charge in [-0.25, -0.2) is 22.8 Å². The predicted octanol–water partition coefficient (Wildman–Crippen LogP) is 7.79. The molecule has 0 aliphatic carbocycles. The summed E-state index contributed by atoms with van der Waals surface area (Å²) in [5.74, 6) is -1.18. The predicted molar refractivity (Wildman–Crippen MR) is 155 cm³/mol. The van der Waals surface area contributed by atoms with E-state index in [-0.39, 0.29) is 61.9 Å². The lowest BCUT2D eigenvalue weighted by atomic mass is 9.97. The highest BCUT2D eigenvalue weighted by molar-refractivity contribution is 7.90. The zero-order chi connectivity index (χ0) is 33.7. The van der Waals surface area contributed by atoms with Crippen LogP contribution in [0.2, 0.25) is 5.02 Å². The van der Waals surface area contributed by atoms with Crippen molar-refractivity contribution in [1.82, 2.24) is 14.5 Å². The fraction of sp³-hybridized carbons (Fsp3) is 0.200. The van der Waals surface area contributed by atoms with E-state index >= 15 is 4.39 Å². The molecule has 0 aliphatic rings. The molecule has 5 aromatic rings. The van der Waals surface area contributed by atoms with Crippen LogP contribution in [0.25, 0.3) is 39.4 Å². The van der Waals surface area contributed by atoms with Crippen molar-refractivity contribution < 1.29 is 49.0 Å². The molecule has 0 radical (unpaired) electrons. The Labute approximate surface area is 262 Å². The Hall–Kier alpha value is -4.34. The van der Waals surface area contributed by atoms with Gasteiger partial charge in [-0.05, 0) is 60.5 Å². The molecule has 0 fully saturated rings. The van der Waals surface area contributed by atoms with Crippen LogP contribution in [-0.2, 0) is 22.6 Å². The third-order valence-corrected chi connectivity index (χ3v) is 8.35. The van der Waals surface area contributed by atoms with Crippen LogP contribution in [0, 0.1) is 19.7 Å². The number of halogens is 7. The minimum absolute atomic E-state index is 0.0111. The van der Waals surface area contributed by atoms with Crippen molar-refractivity contribution in [2.75, 3.05) is 6.26 Å². The Bertz CT molecular complexity index is 2080. The lowest BCUT2D eigenvalue weighted by molar-refractivity contribution is -0.141.